The van der Waals surface area contributed by atoms with E-state index in [2.05, 4.69) is 6.58 Å². The van der Waals surface area contributed by atoms with E-state index in [0.29, 0.717) is 34.5 Å². The Morgan fingerprint density at radius 2 is 2.19 bits per heavy atom. The van der Waals surface area contributed by atoms with E-state index in [1.165, 1.54) is 24.6 Å². The predicted octanol–water partition coefficient (Wildman–Crippen LogP) is 4.27. The second-order valence-electron chi connectivity index (χ2n) is 6.63. The van der Waals surface area contributed by atoms with Crippen LogP contribution >= 0.6 is 23.5 Å². The molecule has 1 aromatic heterocycles. The summed E-state index contributed by atoms with van der Waals surface area (Å²) in [4.78, 5) is 17.3. The lowest BCUT2D eigenvalue weighted by Crippen LogP contribution is -2.28. The van der Waals surface area contributed by atoms with Crippen LogP contribution in [-0.2, 0) is 6.54 Å². The molecule has 134 valence electrons. The van der Waals surface area contributed by atoms with Crippen molar-refractivity contribution in [3.8, 4) is 0 Å². The van der Waals surface area contributed by atoms with Crippen LogP contribution in [-0.4, -0.2) is 26.3 Å². The third kappa shape index (κ3) is 3.16. The molecule has 1 saturated carbocycles. The van der Waals surface area contributed by atoms with Crippen molar-refractivity contribution in [1.29, 1.82) is 5.41 Å². The van der Waals surface area contributed by atoms with Crippen LogP contribution in [0.3, 0.4) is 0 Å². The molecule has 4 rings (SSSR count). The Labute approximate surface area is 161 Å². The number of thioether (sulfide) groups is 2. The number of Topliss-reactive ketones (excluding diaryl/α,β-unsaturated/α-hetero) is 1. The van der Waals surface area contributed by atoms with Gasteiger partial charge < -0.3 is 4.57 Å². The highest BCUT2D eigenvalue weighted by Gasteiger charge is 2.39. The Kier molecular flexibility index (Phi) is 5.05. The number of allylic oxidation sites excluding steroid dienone is 1. The molecule has 0 spiro atoms. The molecule has 1 aliphatic heterocycles. The van der Waals surface area contributed by atoms with E-state index in [0.717, 1.165) is 22.2 Å². The van der Waals surface area contributed by atoms with Gasteiger partial charge in [0.1, 0.15) is 10.5 Å². The molecule has 2 atom stereocenters. The molecular formula is C20H21N3OS2. The molecule has 26 heavy (non-hydrogen) atoms. The lowest BCUT2D eigenvalue weighted by molar-refractivity contribution is 0.102. The van der Waals surface area contributed by atoms with Gasteiger partial charge in [-0.25, -0.2) is 4.98 Å². The van der Waals surface area contributed by atoms with Crippen molar-refractivity contribution >= 4 is 29.3 Å². The lowest BCUT2D eigenvalue weighted by atomic mass is 10.0. The van der Waals surface area contributed by atoms with Crippen LogP contribution in [0.5, 0.6) is 0 Å². The lowest BCUT2D eigenvalue weighted by Gasteiger charge is -2.15. The Morgan fingerprint density at radius 3 is 2.96 bits per heavy atom. The average Bonchev–Trinajstić information content (AvgIpc) is 3.24. The van der Waals surface area contributed by atoms with Gasteiger partial charge >= 0.3 is 0 Å². The van der Waals surface area contributed by atoms with E-state index in [1.54, 1.807) is 6.08 Å². The van der Waals surface area contributed by atoms with Gasteiger partial charge in [0.2, 0.25) is 0 Å². The Balaban J connectivity index is 1.63. The summed E-state index contributed by atoms with van der Waals surface area (Å²) < 4.78 is 1.90. The predicted molar refractivity (Wildman–Crippen MR) is 106 cm³/mol. The first-order chi connectivity index (χ1) is 12.7. The monoisotopic (exact) mass is 383 g/mol. The molecule has 2 heterocycles. The van der Waals surface area contributed by atoms with Crippen LogP contribution < -0.4 is 5.49 Å². The SMILES string of the molecule is C=CCn1c(SCC(=O)c2ccccc2)nc2c(c1=N)[C@H]1CCC[C@H]1S2. The molecule has 1 aliphatic carbocycles. The average molecular weight is 384 g/mol. The maximum atomic E-state index is 12.4. The fraction of sp³-hybridized carbons (Fsp3) is 0.350. The van der Waals surface area contributed by atoms with Gasteiger partial charge in [-0.15, -0.1) is 18.3 Å². The molecule has 0 saturated heterocycles. The summed E-state index contributed by atoms with van der Waals surface area (Å²) in [5.41, 5.74) is 2.37. The summed E-state index contributed by atoms with van der Waals surface area (Å²) in [6, 6.07) is 9.33. The number of fused-ring (bicyclic) bond motifs is 3. The van der Waals surface area contributed by atoms with E-state index >= 15 is 0 Å². The van der Waals surface area contributed by atoms with Crippen LogP contribution in [0.15, 0.2) is 53.2 Å². The number of carbonyl (C=O) groups is 1. The Bertz CT molecular complexity index is 907. The number of rotatable bonds is 6. The quantitative estimate of drug-likeness (QED) is 0.266. The highest BCUT2D eigenvalue weighted by atomic mass is 32.2. The summed E-state index contributed by atoms with van der Waals surface area (Å²) in [6.07, 6.45) is 5.40. The summed E-state index contributed by atoms with van der Waals surface area (Å²) >= 11 is 3.24. The van der Waals surface area contributed by atoms with Crippen molar-refractivity contribution in [2.75, 3.05) is 5.75 Å². The topological polar surface area (TPSA) is 58.7 Å². The van der Waals surface area contributed by atoms with E-state index in [-0.39, 0.29) is 5.78 Å². The molecule has 0 bridgehead atoms. The number of ketones is 1. The third-order valence-corrected chi connectivity index (χ3v) is 7.39. The normalized spacial score (nSPS) is 20.6. The first-order valence-electron chi connectivity index (χ1n) is 8.87. The van der Waals surface area contributed by atoms with Crippen molar-refractivity contribution in [2.24, 2.45) is 0 Å². The van der Waals surface area contributed by atoms with Crippen LogP contribution in [0.1, 0.15) is 41.1 Å². The largest absolute Gasteiger partial charge is 0.302 e. The van der Waals surface area contributed by atoms with Crippen molar-refractivity contribution in [3.05, 3.63) is 59.6 Å². The van der Waals surface area contributed by atoms with Gasteiger partial charge in [0.05, 0.1) is 5.75 Å². The van der Waals surface area contributed by atoms with Gasteiger partial charge in [-0.05, 0) is 12.8 Å². The van der Waals surface area contributed by atoms with Crippen LogP contribution in [0.2, 0.25) is 0 Å². The molecule has 0 amide bonds. The molecule has 4 nitrogen and oxygen atoms in total. The minimum Gasteiger partial charge on any atom is -0.302 e. The number of nitrogens with zero attached hydrogens (tertiary/aromatic N) is 2. The molecular weight excluding hydrogens is 362 g/mol. The second kappa shape index (κ2) is 7.45. The molecule has 1 fully saturated rings. The summed E-state index contributed by atoms with van der Waals surface area (Å²) in [5, 5.41) is 11.1. The number of hydrogen-bond donors (Lipinski definition) is 1. The minimum atomic E-state index is 0.0825. The van der Waals surface area contributed by atoms with Crippen LogP contribution in [0.4, 0.5) is 0 Å². The zero-order valence-electron chi connectivity index (χ0n) is 14.5. The van der Waals surface area contributed by atoms with E-state index in [9.17, 15) is 4.79 Å². The van der Waals surface area contributed by atoms with Crippen molar-refractivity contribution in [2.45, 2.75) is 47.2 Å². The van der Waals surface area contributed by atoms with Crippen LogP contribution in [0, 0.1) is 5.41 Å². The van der Waals surface area contributed by atoms with Gasteiger partial charge in [0.25, 0.3) is 0 Å². The summed E-state index contributed by atoms with van der Waals surface area (Å²) in [5.74, 6) is 0.874. The fourth-order valence-electron chi connectivity index (χ4n) is 3.76. The minimum absolute atomic E-state index is 0.0825. The summed E-state index contributed by atoms with van der Waals surface area (Å²) in [7, 11) is 0. The van der Waals surface area contributed by atoms with E-state index in [4.69, 9.17) is 10.4 Å². The molecule has 6 heteroatoms. The van der Waals surface area contributed by atoms with Gasteiger partial charge in [-0.2, -0.15) is 0 Å². The zero-order chi connectivity index (χ0) is 18.1. The second-order valence-corrected chi connectivity index (χ2v) is 8.80. The van der Waals surface area contributed by atoms with E-state index in [1.807, 2.05) is 46.7 Å². The highest BCUT2D eigenvalue weighted by molar-refractivity contribution is 8.00. The fourth-order valence-corrected chi connectivity index (χ4v) is 6.24. The number of benzene rings is 1. The van der Waals surface area contributed by atoms with Gasteiger partial charge in [0, 0.05) is 28.8 Å². The molecule has 0 radical (unpaired) electrons. The van der Waals surface area contributed by atoms with Gasteiger partial charge in [-0.3, -0.25) is 10.2 Å². The van der Waals surface area contributed by atoms with Crippen LogP contribution in [0.25, 0.3) is 0 Å². The third-order valence-electron chi connectivity index (χ3n) is 5.01. The molecule has 1 N–H and O–H groups in total. The number of hydrogen-bond acceptors (Lipinski definition) is 5. The smallest absolute Gasteiger partial charge is 0.173 e. The molecule has 2 aromatic rings. The zero-order valence-corrected chi connectivity index (χ0v) is 16.1. The standard InChI is InChI=1S/C20H21N3OS2/c1-2-11-23-18(21)17-14-9-6-10-16(14)26-19(17)22-20(23)25-12-15(24)13-7-4-3-5-8-13/h2-5,7-8,14,16,21H,1,6,9-12H2/t14-,16+/m0/s1. The maximum Gasteiger partial charge on any atom is 0.173 e. The number of aromatic nitrogens is 2. The number of carbonyl (C=O) groups excluding carboxylic acids is 1. The van der Waals surface area contributed by atoms with Gasteiger partial charge in [0.15, 0.2) is 10.9 Å². The van der Waals surface area contributed by atoms with Crippen molar-refractivity contribution in [3.63, 3.8) is 0 Å². The Morgan fingerprint density at radius 1 is 1.38 bits per heavy atom. The van der Waals surface area contributed by atoms with Gasteiger partial charge in [-0.1, -0.05) is 54.6 Å². The summed E-state index contributed by atoms with van der Waals surface area (Å²) in [6.45, 7) is 4.37. The highest BCUT2D eigenvalue weighted by Crippen LogP contribution is 2.51. The molecule has 2 aliphatic rings. The molecule has 1 aromatic carbocycles. The van der Waals surface area contributed by atoms with Crippen molar-refractivity contribution in [1.82, 2.24) is 9.55 Å². The number of nitrogens with one attached hydrogen (secondary N) is 1. The first-order valence-corrected chi connectivity index (χ1v) is 10.7. The van der Waals surface area contributed by atoms with E-state index < -0.39 is 0 Å². The maximum absolute atomic E-state index is 12.4. The van der Waals surface area contributed by atoms with Crippen molar-refractivity contribution < 1.29 is 4.79 Å². The first kappa shape index (κ1) is 17.6. The Hall–Kier alpha value is -1.79. The molecule has 0 unspecified atom stereocenters.